The molecule has 0 aromatic heterocycles. The van der Waals surface area contributed by atoms with Crippen molar-refractivity contribution in [1.82, 2.24) is 10.6 Å². The van der Waals surface area contributed by atoms with Crippen LogP contribution < -0.4 is 15.4 Å². The Morgan fingerprint density at radius 3 is 1.68 bits per heavy atom. The molecule has 1 aromatic rings. The van der Waals surface area contributed by atoms with Crippen LogP contribution in [0.25, 0.3) is 0 Å². The van der Waals surface area contributed by atoms with Crippen molar-refractivity contribution in [2.75, 3.05) is 13.1 Å². The van der Waals surface area contributed by atoms with Crippen molar-refractivity contribution < 1.29 is 24.2 Å². The van der Waals surface area contributed by atoms with Crippen molar-refractivity contribution in [3.8, 4) is 5.75 Å². The monoisotopic (exact) mass is 686 g/mol. The van der Waals surface area contributed by atoms with Crippen LogP contribution in [0.5, 0.6) is 5.75 Å². The Labute approximate surface area is 186 Å². The predicted molar refractivity (Wildman–Crippen MR) is 118 cm³/mol. The Hall–Kier alpha value is -0.380. The number of hydrogen-bond acceptors (Lipinski definition) is 4. The molecule has 0 aliphatic carbocycles. The fourth-order valence-electron chi connectivity index (χ4n) is 1.87. The zero-order chi connectivity index (χ0) is 19.3. The number of amides is 2. The molecule has 10 heteroatoms. The van der Waals surface area contributed by atoms with Crippen molar-refractivity contribution in [3.05, 3.63) is 21.8 Å². The van der Waals surface area contributed by atoms with Crippen molar-refractivity contribution >= 4 is 85.6 Å². The summed E-state index contributed by atoms with van der Waals surface area (Å²) >= 11 is 5.85. The van der Waals surface area contributed by atoms with Crippen molar-refractivity contribution in [3.63, 3.8) is 0 Å². The maximum atomic E-state index is 12.5. The van der Waals surface area contributed by atoms with E-state index in [-0.39, 0.29) is 17.6 Å². The number of carbonyl (C=O) groups excluding carboxylic acids is 2. The number of carboxylic acids is 1. The van der Waals surface area contributed by atoms with Gasteiger partial charge < -0.3 is 20.5 Å². The fourth-order valence-corrected chi connectivity index (χ4v) is 6.27. The highest BCUT2D eigenvalue weighted by Gasteiger charge is 2.29. The third-order valence-electron chi connectivity index (χ3n) is 3.05. The second-order valence-electron chi connectivity index (χ2n) is 4.84. The molecule has 2 amide bonds. The van der Waals surface area contributed by atoms with Gasteiger partial charge in [0.2, 0.25) is 0 Å². The summed E-state index contributed by atoms with van der Waals surface area (Å²) < 4.78 is 6.99. The molecule has 0 saturated carbocycles. The average Bonchev–Trinajstić information content (AvgIpc) is 2.51. The molecule has 0 aliphatic rings. The third-order valence-corrected chi connectivity index (χ3v) is 6.19. The van der Waals surface area contributed by atoms with E-state index in [0.717, 1.165) is 0 Å². The number of benzene rings is 1. The van der Waals surface area contributed by atoms with Gasteiger partial charge in [0.1, 0.15) is 5.75 Å². The molecule has 0 aliphatic heterocycles. The van der Waals surface area contributed by atoms with Gasteiger partial charge in [-0.05, 0) is 88.5 Å². The smallest absolute Gasteiger partial charge is 0.344 e. The van der Waals surface area contributed by atoms with Crippen molar-refractivity contribution in [1.29, 1.82) is 0 Å². The van der Waals surface area contributed by atoms with Crippen LogP contribution in [0.1, 0.15) is 41.5 Å². The van der Waals surface area contributed by atoms with Gasteiger partial charge in [0.05, 0.1) is 18.3 Å². The molecule has 1 aromatic carbocycles. The second kappa shape index (κ2) is 10.1. The van der Waals surface area contributed by atoms with Gasteiger partial charge >= 0.3 is 5.97 Å². The van der Waals surface area contributed by atoms with Gasteiger partial charge in [0.15, 0.2) is 6.10 Å². The highest BCUT2D eigenvalue weighted by molar-refractivity contribution is 14.1. The lowest BCUT2D eigenvalue weighted by Crippen LogP contribution is -2.31. The van der Waals surface area contributed by atoms with Crippen LogP contribution in [0.3, 0.4) is 0 Å². The summed E-state index contributed by atoms with van der Waals surface area (Å²) in [5.74, 6) is -1.60. The number of carbonyl (C=O) groups is 3. The Bertz CT molecular complexity index is 664. The van der Waals surface area contributed by atoms with E-state index in [4.69, 9.17) is 9.84 Å². The first kappa shape index (κ1) is 22.7. The van der Waals surface area contributed by atoms with Gasteiger partial charge in [-0.2, -0.15) is 0 Å². The molecule has 0 fully saturated rings. The lowest BCUT2D eigenvalue weighted by molar-refractivity contribution is -0.144. The minimum Gasteiger partial charge on any atom is -0.479 e. The molecule has 1 unspecified atom stereocenters. The Morgan fingerprint density at radius 2 is 1.36 bits per heavy atom. The van der Waals surface area contributed by atoms with Crippen LogP contribution >= 0.6 is 67.8 Å². The largest absolute Gasteiger partial charge is 0.479 e. The SMILES string of the molecule is CCNC(=O)c1c(I)c(OC(C)C(=O)O)c(I)c(C(=O)NCC)c1I. The average molecular weight is 686 g/mol. The zero-order valence-corrected chi connectivity index (χ0v) is 20.2. The summed E-state index contributed by atoms with van der Waals surface area (Å²) in [7, 11) is 0. The molecule has 0 heterocycles. The first-order chi connectivity index (χ1) is 11.7. The molecule has 138 valence electrons. The first-order valence-electron chi connectivity index (χ1n) is 7.33. The number of nitrogens with one attached hydrogen (secondary N) is 2. The Balaban J connectivity index is 3.67. The van der Waals surface area contributed by atoms with Crippen LogP contribution in [0, 0.1) is 10.7 Å². The molecule has 1 rings (SSSR count). The highest BCUT2D eigenvalue weighted by atomic mass is 127. The molecule has 7 nitrogen and oxygen atoms in total. The lowest BCUT2D eigenvalue weighted by atomic mass is 10.1. The summed E-state index contributed by atoms with van der Waals surface area (Å²) in [6.07, 6.45) is -1.12. The topological polar surface area (TPSA) is 105 Å². The van der Waals surface area contributed by atoms with E-state index in [1.165, 1.54) is 6.92 Å². The Kier molecular flexibility index (Phi) is 9.14. The molecule has 0 saturated heterocycles. The number of carboxylic acid groups (broad SMARTS) is 1. The number of rotatable bonds is 7. The quantitative estimate of drug-likeness (QED) is 0.384. The van der Waals surface area contributed by atoms with Crippen molar-refractivity contribution in [2.24, 2.45) is 0 Å². The number of hydrogen-bond donors (Lipinski definition) is 3. The number of aliphatic carboxylic acids is 1. The summed E-state index contributed by atoms with van der Waals surface area (Å²) in [6, 6.07) is 0. The van der Waals surface area contributed by atoms with E-state index in [1.807, 2.05) is 67.8 Å². The van der Waals surface area contributed by atoms with Crippen LogP contribution in [0.4, 0.5) is 0 Å². The van der Waals surface area contributed by atoms with Crippen molar-refractivity contribution in [2.45, 2.75) is 26.9 Å². The molecule has 0 spiro atoms. The van der Waals surface area contributed by atoms with Gasteiger partial charge in [-0.3, -0.25) is 9.59 Å². The van der Waals surface area contributed by atoms with Gasteiger partial charge in [0, 0.05) is 16.7 Å². The summed E-state index contributed by atoms with van der Waals surface area (Å²) in [5.41, 5.74) is 0.606. The zero-order valence-electron chi connectivity index (χ0n) is 13.7. The first-order valence-corrected chi connectivity index (χ1v) is 10.6. The van der Waals surface area contributed by atoms with Gasteiger partial charge in [-0.25, -0.2) is 4.79 Å². The number of ether oxygens (including phenoxy) is 1. The van der Waals surface area contributed by atoms with Crippen LogP contribution in [-0.2, 0) is 4.79 Å². The molecule has 3 N–H and O–H groups in total. The summed E-state index contributed by atoms with van der Waals surface area (Å²) in [4.78, 5) is 36.1. The third kappa shape index (κ3) is 5.30. The van der Waals surface area contributed by atoms with Gasteiger partial charge in [0.25, 0.3) is 11.8 Å². The molecular formula is C15H17I3N2O5. The minimum atomic E-state index is -1.13. The maximum Gasteiger partial charge on any atom is 0.344 e. The summed E-state index contributed by atoms with van der Waals surface area (Å²) in [6.45, 7) is 5.83. The number of halogens is 3. The fraction of sp³-hybridized carbons (Fsp3) is 0.400. The highest BCUT2D eigenvalue weighted by Crippen LogP contribution is 2.37. The maximum absolute atomic E-state index is 12.5. The van der Waals surface area contributed by atoms with E-state index < -0.39 is 12.1 Å². The Morgan fingerprint density at radius 1 is 0.960 bits per heavy atom. The lowest BCUT2D eigenvalue weighted by Gasteiger charge is -2.20. The minimum absolute atomic E-state index is 0.221. The second-order valence-corrected chi connectivity index (χ2v) is 8.07. The molecule has 0 radical (unpaired) electrons. The predicted octanol–water partition coefficient (Wildman–Crippen LogP) is 2.85. The van der Waals surface area contributed by atoms with Crippen LogP contribution in [0.2, 0.25) is 0 Å². The summed E-state index contributed by atoms with van der Waals surface area (Å²) in [5, 5.41) is 14.5. The van der Waals surface area contributed by atoms with E-state index in [2.05, 4.69) is 10.6 Å². The van der Waals surface area contributed by atoms with E-state index in [9.17, 15) is 14.4 Å². The van der Waals surface area contributed by atoms with E-state index in [0.29, 0.717) is 34.9 Å². The van der Waals surface area contributed by atoms with E-state index >= 15 is 0 Å². The molecule has 1 atom stereocenters. The van der Waals surface area contributed by atoms with Crippen LogP contribution in [0.15, 0.2) is 0 Å². The standard InChI is InChI=1S/C15H17I3N2O5/c1-4-19-13(21)7-9(16)8(14(22)20-5-2)11(18)12(10(7)17)25-6(3)15(23)24/h6H,4-5H2,1-3H3,(H,19,21)(H,20,22)(H,23,24). The van der Waals surface area contributed by atoms with Crippen LogP contribution in [-0.4, -0.2) is 42.1 Å². The molecule has 25 heavy (non-hydrogen) atoms. The van der Waals surface area contributed by atoms with Gasteiger partial charge in [-0.1, -0.05) is 0 Å². The molecule has 0 bridgehead atoms. The normalized spacial score (nSPS) is 11.6. The van der Waals surface area contributed by atoms with Gasteiger partial charge in [-0.15, -0.1) is 0 Å². The van der Waals surface area contributed by atoms with E-state index in [1.54, 1.807) is 13.8 Å². The molecular weight excluding hydrogens is 669 g/mol.